The highest BCUT2D eigenvalue weighted by molar-refractivity contribution is 7.13. The summed E-state index contributed by atoms with van der Waals surface area (Å²) in [7, 11) is 2.18. The number of aryl methyl sites for hydroxylation is 2. The van der Waals surface area contributed by atoms with Crippen molar-refractivity contribution in [2.24, 2.45) is 0 Å². The van der Waals surface area contributed by atoms with Crippen LogP contribution in [0.1, 0.15) is 102 Å². The third-order valence-corrected chi connectivity index (χ3v) is 14.8. The van der Waals surface area contributed by atoms with Crippen molar-refractivity contribution >= 4 is 50.6 Å². The zero-order valence-corrected chi connectivity index (χ0v) is 35.8. The van der Waals surface area contributed by atoms with Crippen LogP contribution in [0.4, 0.5) is 0 Å². The average molecular weight is 839 g/mol. The van der Waals surface area contributed by atoms with Gasteiger partial charge in [-0.2, -0.15) is 0 Å². The van der Waals surface area contributed by atoms with Gasteiger partial charge in [-0.1, -0.05) is 38.1 Å². The first-order chi connectivity index (χ1) is 28.3. The Hall–Kier alpha value is -4.44. The molecule has 0 spiro atoms. The summed E-state index contributed by atoms with van der Waals surface area (Å²) in [5.74, 6) is -0.622. The fourth-order valence-electron chi connectivity index (χ4n) is 8.90. The predicted molar refractivity (Wildman–Crippen MR) is 232 cm³/mol. The van der Waals surface area contributed by atoms with Crippen molar-refractivity contribution in [3.05, 3.63) is 107 Å². The molecule has 0 amide bonds. The molecule has 0 aliphatic heterocycles. The van der Waals surface area contributed by atoms with Crippen LogP contribution in [0, 0.1) is 0 Å². The molecule has 2 aliphatic rings. The molecule has 1 fully saturated rings. The Morgan fingerprint density at radius 1 is 1.05 bits per heavy atom. The first-order valence-corrected chi connectivity index (χ1v) is 22.4. The van der Waals surface area contributed by atoms with Gasteiger partial charge in [0.2, 0.25) is 11.2 Å². The van der Waals surface area contributed by atoms with Crippen molar-refractivity contribution in [3.8, 4) is 5.75 Å². The Morgan fingerprint density at radius 3 is 2.58 bits per heavy atom. The van der Waals surface area contributed by atoms with Crippen LogP contribution in [0.15, 0.2) is 64.8 Å². The fourth-order valence-corrected chi connectivity index (χ4v) is 10.9. The quantitative estimate of drug-likeness (QED) is 0.0735. The number of fused-ring (bicyclic) bond motifs is 4. The number of aliphatic hydroxyl groups excluding tert-OH is 1. The van der Waals surface area contributed by atoms with Crippen LogP contribution in [0.3, 0.4) is 0 Å². The van der Waals surface area contributed by atoms with E-state index >= 15 is 0 Å². The van der Waals surface area contributed by atoms with E-state index in [0.29, 0.717) is 45.4 Å². The summed E-state index contributed by atoms with van der Waals surface area (Å²) in [5, 5.41) is 48.4. The number of hydrogen-bond acceptors (Lipinski definition) is 12. The van der Waals surface area contributed by atoms with Gasteiger partial charge in [0.05, 0.1) is 26.9 Å². The monoisotopic (exact) mass is 838 g/mol. The van der Waals surface area contributed by atoms with Gasteiger partial charge in [0.25, 0.3) is 0 Å². The van der Waals surface area contributed by atoms with E-state index in [0.717, 1.165) is 80.4 Å². The van der Waals surface area contributed by atoms with E-state index in [-0.39, 0.29) is 22.8 Å². The molecule has 2 aliphatic carbocycles. The lowest BCUT2D eigenvalue weighted by molar-refractivity contribution is -0.169. The number of ether oxygens (including phenoxy) is 1. The number of carbonyl (C=O) groups is 1. The molecule has 59 heavy (non-hydrogen) atoms. The van der Waals surface area contributed by atoms with Gasteiger partial charge in [-0.05, 0) is 134 Å². The van der Waals surface area contributed by atoms with E-state index in [1.807, 2.05) is 29.6 Å². The number of nitrogens with one attached hydrogen (secondary N) is 2. The Labute approximate surface area is 351 Å². The number of rotatable bonds is 14. The molecule has 8 rings (SSSR count). The van der Waals surface area contributed by atoms with Gasteiger partial charge in [0.15, 0.2) is 0 Å². The SMILES string of the molecule is CN(CCCn1nnc2cc(CNC[C@H](O)c3ccc(O)c4[nH]c(=O)ccc34)c3c(c21)CCC3)[C@H]1CC[C@H](OC(=O)[C@@](O)(c2cccs2)c2ccc(C(C)(C)C)s2)CC1. The maximum Gasteiger partial charge on any atom is 0.349 e. The number of carbonyl (C=O) groups excluding carboxylic acids is 1. The second kappa shape index (κ2) is 16.9. The zero-order valence-electron chi connectivity index (χ0n) is 34.2. The lowest BCUT2D eigenvalue weighted by Crippen LogP contribution is -2.42. The first kappa shape index (κ1) is 41.3. The molecule has 0 unspecified atom stereocenters. The molecule has 6 aromatic rings. The fraction of sp³-hybridized carbons (Fsp3) is 0.467. The highest BCUT2D eigenvalue weighted by atomic mass is 32.1. The number of aromatic hydroxyl groups is 1. The molecule has 312 valence electrons. The minimum atomic E-state index is -1.82. The third-order valence-electron chi connectivity index (χ3n) is 12.2. The van der Waals surface area contributed by atoms with Gasteiger partial charge in [0, 0.05) is 42.0 Å². The standard InChI is InChI=1S/C45H54N6O6S2/c1-44(2,3)37-18-19-39(59-37)45(56,38-10-6-23-58-38)43(55)57-29-13-11-28(12-14-29)50(4)21-7-22-51-42-33-9-5-8-30(33)27(24-34(42)48-49-51)25-46-26-36(53)31-15-17-35(52)41-32(31)16-20-40(54)47-41/h6,10,15-20,23-24,28-29,36,46,52-53,56H,5,7-9,11-14,21-22,25-26H2,1-4H3,(H,47,54)/t28-,29-,36-,45+/m0/s1. The smallest absolute Gasteiger partial charge is 0.349 e. The number of pyridine rings is 1. The normalized spacial score (nSPS) is 18.7. The number of phenolic OH excluding ortho intramolecular Hbond substituents is 1. The average Bonchev–Trinajstić information content (AvgIpc) is 4.05. The second-order valence-electron chi connectivity index (χ2n) is 17.2. The molecule has 5 N–H and O–H groups in total. The summed E-state index contributed by atoms with van der Waals surface area (Å²) < 4.78 is 8.17. The van der Waals surface area contributed by atoms with Crippen molar-refractivity contribution in [1.82, 2.24) is 30.2 Å². The highest BCUT2D eigenvalue weighted by Gasteiger charge is 2.46. The van der Waals surface area contributed by atoms with Gasteiger partial charge < -0.3 is 35.3 Å². The van der Waals surface area contributed by atoms with E-state index in [1.54, 1.807) is 12.1 Å². The molecule has 0 radical (unpaired) electrons. The maximum absolute atomic E-state index is 13.8. The molecule has 0 saturated heterocycles. The van der Waals surface area contributed by atoms with Gasteiger partial charge in [0.1, 0.15) is 17.4 Å². The van der Waals surface area contributed by atoms with Crippen LogP contribution in [-0.2, 0) is 46.5 Å². The maximum atomic E-state index is 13.8. The lowest BCUT2D eigenvalue weighted by Gasteiger charge is -2.35. The Kier molecular flexibility index (Phi) is 11.8. The molecule has 0 bridgehead atoms. The Balaban J connectivity index is 0.843. The number of nitrogens with zero attached hydrogens (tertiary/aromatic N) is 4. The molecule has 1 saturated carbocycles. The molecule has 4 aromatic heterocycles. The number of esters is 1. The topological polar surface area (TPSA) is 166 Å². The minimum absolute atomic E-state index is 0.0319. The molecule has 4 heterocycles. The van der Waals surface area contributed by atoms with Crippen LogP contribution >= 0.6 is 22.7 Å². The summed E-state index contributed by atoms with van der Waals surface area (Å²) in [6.45, 7) is 8.93. The molecule has 2 atom stereocenters. The van der Waals surface area contributed by atoms with Gasteiger partial charge >= 0.3 is 5.97 Å². The predicted octanol–water partition coefficient (Wildman–Crippen LogP) is 6.82. The van der Waals surface area contributed by atoms with E-state index in [9.17, 15) is 24.9 Å². The summed E-state index contributed by atoms with van der Waals surface area (Å²) in [4.78, 5) is 33.0. The number of thiophene rings is 2. The van der Waals surface area contributed by atoms with E-state index < -0.39 is 17.7 Å². The second-order valence-corrected chi connectivity index (χ2v) is 19.3. The van der Waals surface area contributed by atoms with Crippen LogP contribution in [-0.4, -0.2) is 78.4 Å². The molecule has 2 aromatic carbocycles. The van der Waals surface area contributed by atoms with Crippen LogP contribution in [0.25, 0.3) is 21.9 Å². The summed E-state index contributed by atoms with van der Waals surface area (Å²) >= 11 is 2.84. The van der Waals surface area contributed by atoms with Crippen molar-refractivity contribution in [1.29, 1.82) is 0 Å². The van der Waals surface area contributed by atoms with Crippen LogP contribution < -0.4 is 10.9 Å². The Morgan fingerprint density at radius 2 is 1.83 bits per heavy atom. The first-order valence-electron chi connectivity index (χ1n) is 20.7. The minimum Gasteiger partial charge on any atom is -0.506 e. The van der Waals surface area contributed by atoms with Gasteiger partial charge in [-0.15, -0.1) is 27.8 Å². The van der Waals surface area contributed by atoms with E-state index in [4.69, 9.17) is 4.74 Å². The largest absolute Gasteiger partial charge is 0.506 e. The summed E-state index contributed by atoms with van der Waals surface area (Å²) in [5.41, 5.74) is 4.56. The summed E-state index contributed by atoms with van der Waals surface area (Å²) in [6, 6.07) is 16.3. The van der Waals surface area contributed by atoms with E-state index in [2.05, 4.69) is 64.1 Å². The number of hydrogen-bond donors (Lipinski definition) is 5. The van der Waals surface area contributed by atoms with Crippen molar-refractivity contribution in [3.63, 3.8) is 0 Å². The van der Waals surface area contributed by atoms with Crippen molar-refractivity contribution < 1.29 is 24.9 Å². The molecule has 14 heteroatoms. The number of aromatic nitrogens is 4. The zero-order chi connectivity index (χ0) is 41.5. The Bertz CT molecular complexity index is 2500. The third kappa shape index (κ3) is 8.35. The highest BCUT2D eigenvalue weighted by Crippen LogP contribution is 2.42. The molecule has 12 nitrogen and oxygen atoms in total. The van der Waals surface area contributed by atoms with Gasteiger partial charge in [-0.3, -0.25) is 4.79 Å². The van der Waals surface area contributed by atoms with Crippen molar-refractivity contribution in [2.45, 2.75) is 114 Å². The van der Waals surface area contributed by atoms with Crippen molar-refractivity contribution in [2.75, 3.05) is 20.1 Å². The number of aliphatic hydroxyl groups is 2. The van der Waals surface area contributed by atoms with Gasteiger partial charge in [-0.25, -0.2) is 9.48 Å². The molecular formula is C45H54N6O6S2. The number of phenols is 1. The van der Waals surface area contributed by atoms with Crippen LogP contribution in [0.2, 0.25) is 0 Å². The molecular weight excluding hydrogens is 785 g/mol. The number of benzene rings is 2. The number of aromatic amines is 1. The summed E-state index contributed by atoms with van der Waals surface area (Å²) in [6.07, 6.45) is 6.24. The van der Waals surface area contributed by atoms with E-state index in [1.165, 1.54) is 51.5 Å². The lowest BCUT2D eigenvalue weighted by atomic mass is 9.91. The number of H-pyrrole nitrogens is 1. The van der Waals surface area contributed by atoms with Crippen LogP contribution in [0.5, 0.6) is 5.75 Å².